The van der Waals surface area contributed by atoms with Gasteiger partial charge in [0, 0.05) is 42.4 Å². The number of rotatable bonds is 7. The van der Waals surface area contributed by atoms with E-state index in [0.29, 0.717) is 0 Å². The Morgan fingerprint density at radius 2 is 1.39 bits per heavy atom. The van der Waals surface area contributed by atoms with E-state index in [4.69, 9.17) is 0 Å². The average molecular weight is 705 g/mol. The maximum absolute atomic E-state index is 4.49. The fourth-order valence-electron chi connectivity index (χ4n) is 7.95. The Bertz CT molecular complexity index is 2270. The van der Waals surface area contributed by atoms with Crippen molar-refractivity contribution >= 4 is 22.5 Å². The highest BCUT2D eigenvalue weighted by atomic mass is 15.1. The second-order valence-electron chi connectivity index (χ2n) is 14.7. The minimum atomic E-state index is 0.870. The highest BCUT2D eigenvalue weighted by molar-refractivity contribution is 5.90. The van der Waals surface area contributed by atoms with Gasteiger partial charge >= 0.3 is 0 Å². The van der Waals surface area contributed by atoms with Gasteiger partial charge in [-0.25, -0.2) is 0 Å². The molecule has 2 nitrogen and oxygen atoms in total. The van der Waals surface area contributed by atoms with E-state index in [2.05, 4.69) is 197 Å². The highest BCUT2D eigenvalue weighted by Crippen LogP contribution is 2.42. The van der Waals surface area contributed by atoms with Gasteiger partial charge in [0.2, 0.25) is 0 Å². The number of nitrogens with zero attached hydrogens (tertiary/aromatic N) is 2. The molecule has 4 aromatic carbocycles. The van der Waals surface area contributed by atoms with Gasteiger partial charge in [0.25, 0.3) is 0 Å². The van der Waals surface area contributed by atoms with Crippen LogP contribution in [0.15, 0.2) is 187 Å². The maximum atomic E-state index is 4.49. The van der Waals surface area contributed by atoms with Crippen molar-refractivity contribution in [1.29, 1.82) is 0 Å². The summed E-state index contributed by atoms with van der Waals surface area (Å²) in [5, 5.41) is 0. The topological polar surface area (TPSA) is 6.48 Å². The molecule has 0 radical (unpaired) electrons. The van der Waals surface area contributed by atoms with Crippen LogP contribution in [0.25, 0.3) is 22.3 Å². The van der Waals surface area contributed by atoms with Gasteiger partial charge in [0.1, 0.15) is 0 Å². The summed E-state index contributed by atoms with van der Waals surface area (Å²) < 4.78 is 0. The third kappa shape index (κ3) is 7.89. The maximum Gasteiger partial charge on any atom is 0.0406 e. The van der Waals surface area contributed by atoms with Crippen LogP contribution in [0.3, 0.4) is 0 Å². The normalized spacial score (nSPS) is 18.7. The average Bonchev–Trinajstić information content (AvgIpc) is 3.25. The lowest BCUT2D eigenvalue weighted by Gasteiger charge is -2.31. The molecule has 0 saturated heterocycles. The first-order chi connectivity index (χ1) is 26.3. The van der Waals surface area contributed by atoms with Gasteiger partial charge in [-0.1, -0.05) is 110 Å². The van der Waals surface area contributed by atoms with Gasteiger partial charge in [-0.2, -0.15) is 0 Å². The molecule has 0 amide bonds. The first-order valence-corrected chi connectivity index (χ1v) is 19.4. The van der Waals surface area contributed by atoms with E-state index in [1.807, 2.05) is 0 Å². The Hall–Kier alpha value is -5.86. The zero-order chi connectivity index (χ0) is 37.6. The van der Waals surface area contributed by atoms with Crippen molar-refractivity contribution in [1.82, 2.24) is 0 Å². The molecule has 0 aromatic heterocycles. The first-order valence-electron chi connectivity index (χ1n) is 19.4. The van der Waals surface area contributed by atoms with Crippen LogP contribution in [0.2, 0.25) is 0 Å². The van der Waals surface area contributed by atoms with E-state index < -0.39 is 0 Å². The van der Waals surface area contributed by atoms with Crippen LogP contribution >= 0.6 is 0 Å². The van der Waals surface area contributed by atoms with Crippen molar-refractivity contribution in [3.8, 4) is 11.1 Å². The lowest BCUT2D eigenvalue weighted by Crippen LogP contribution is -2.21. The third-order valence-corrected chi connectivity index (χ3v) is 11.3. The Morgan fingerprint density at radius 3 is 2.11 bits per heavy atom. The molecule has 3 aliphatic rings. The van der Waals surface area contributed by atoms with E-state index in [1.54, 1.807) is 0 Å². The molecule has 0 saturated carbocycles. The highest BCUT2D eigenvalue weighted by Gasteiger charge is 2.24. The molecule has 7 rings (SSSR count). The number of hydrogen-bond donors (Lipinski definition) is 0. The number of benzene rings is 4. The number of para-hydroxylation sites is 1. The van der Waals surface area contributed by atoms with Crippen molar-refractivity contribution in [3.05, 3.63) is 215 Å². The zero-order valence-corrected chi connectivity index (χ0v) is 32.4. The fourth-order valence-corrected chi connectivity index (χ4v) is 7.95. The van der Waals surface area contributed by atoms with E-state index in [-0.39, 0.29) is 0 Å². The molecule has 4 aromatic rings. The quantitative estimate of drug-likeness (QED) is 0.189. The summed E-state index contributed by atoms with van der Waals surface area (Å²) in [5.74, 6) is 0. The molecule has 0 unspecified atom stereocenters. The molecule has 0 fully saturated rings. The van der Waals surface area contributed by atoms with Gasteiger partial charge in [-0.3, -0.25) is 0 Å². The van der Waals surface area contributed by atoms with Gasteiger partial charge < -0.3 is 9.80 Å². The number of aryl methyl sites for hydroxylation is 1. The largest absolute Gasteiger partial charge is 0.348 e. The molecule has 0 spiro atoms. The SMILES string of the molecule is C=C1/C=C\CCN(c2ccccc2)/C=C\C(c2c(C)c(C)cc(C3=C(N(C)c4ccc(-c5ccccc5)cc4)CCC(C4=CC=CCC4)=C3)c2C)=C/C1=C. The predicted molar refractivity (Wildman–Crippen MR) is 235 cm³/mol. The number of hydrogen-bond acceptors (Lipinski definition) is 2. The molecule has 0 atom stereocenters. The molecule has 0 bridgehead atoms. The molecule has 270 valence electrons. The van der Waals surface area contributed by atoms with Crippen molar-refractivity contribution < 1.29 is 0 Å². The fraction of sp³-hybridized carbons (Fsp3) is 0.192. The van der Waals surface area contributed by atoms with Crippen LogP contribution in [-0.4, -0.2) is 13.6 Å². The van der Waals surface area contributed by atoms with Crippen LogP contribution in [-0.2, 0) is 0 Å². The van der Waals surface area contributed by atoms with Crippen LogP contribution in [0.4, 0.5) is 11.4 Å². The van der Waals surface area contributed by atoms with Crippen molar-refractivity contribution in [2.45, 2.75) is 52.9 Å². The van der Waals surface area contributed by atoms with Gasteiger partial charge in [0.05, 0.1) is 0 Å². The third-order valence-electron chi connectivity index (χ3n) is 11.3. The monoisotopic (exact) mass is 704 g/mol. The Morgan fingerprint density at radius 1 is 0.667 bits per heavy atom. The summed E-state index contributed by atoms with van der Waals surface area (Å²) in [6, 6.07) is 32.7. The van der Waals surface area contributed by atoms with Crippen LogP contribution < -0.4 is 9.80 Å². The molecule has 1 aliphatic heterocycles. The Labute approximate surface area is 323 Å². The first kappa shape index (κ1) is 36.5. The van der Waals surface area contributed by atoms with E-state index in [1.165, 1.54) is 72.7 Å². The minimum Gasteiger partial charge on any atom is -0.348 e. The smallest absolute Gasteiger partial charge is 0.0406 e. The summed E-state index contributed by atoms with van der Waals surface area (Å²) in [6.07, 6.45) is 25.5. The second kappa shape index (κ2) is 16.4. The molecular weight excluding hydrogens is 653 g/mol. The van der Waals surface area contributed by atoms with Crippen molar-refractivity contribution in [3.63, 3.8) is 0 Å². The molecule has 2 aliphatic carbocycles. The van der Waals surface area contributed by atoms with E-state index >= 15 is 0 Å². The predicted octanol–water partition coefficient (Wildman–Crippen LogP) is 13.6. The summed E-state index contributed by atoms with van der Waals surface area (Å²) >= 11 is 0. The lowest BCUT2D eigenvalue weighted by molar-refractivity contribution is 0.844. The van der Waals surface area contributed by atoms with Gasteiger partial charge in [0.15, 0.2) is 0 Å². The van der Waals surface area contributed by atoms with Gasteiger partial charge in [-0.05, 0) is 162 Å². The summed E-state index contributed by atoms with van der Waals surface area (Å²) in [6.45, 7) is 16.6. The Balaban J connectivity index is 1.38. The number of anilines is 2. The molecular formula is C52H52N2. The van der Waals surface area contributed by atoms with E-state index in [0.717, 1.165) is 55.4 Å². The van der Waals surface area contributed by atoms with Crippen molar-refractivity contribution in [2.75, 3.05) is 23.4 Å². The molecule has 1 heterocycles. The zero-order valence-electron chi connectivity index (χ0n) is 32.4. The van der Waals surface area contributed by atoms with Crippen LogP contribution in [0.5, 0.6) is 0 Å². The molecule has 2 heteroatoms. The molecule has 0 N–H and O–H groups in total. The van der Waals surface area contributed by atoms with Crippen molar-refractivity contribution in [2.24, 2.45) is 0 Å². The number of allylic oxidation sites excluding steroid dienone is 14. The Kier molecular flexibility index (Phi) is 11.1. The summed E-state index contributed by atoms with van der Waals surface area (Å²) in [7, 11) is 2.24. The second-order valence-corrected chi connectivity index (χ2v) is 14.7. The van der Waals surface area contributed by atoms with E-state index in [9.17, 15) is 0 Å². The lowest BCUT2D eigenvalue weighted by atomic mass is 9.81. The molecule has 54 heavy (non-hydrogen) atoms. The summed E-state index contributed by atoms with van der Waals surface area (Å²) in [5.41, 5.74) is 19.8. The summed E-state index contributed by atoms with van der Waals surface area (Å²) in [4.78, 5) is 4.76. The van der Waals surface area contributed by atoms with Crippen LogP contribution in [0, 0.1) is 20.8 Å². The standard InChI is InChI=1S/C52H52N2/c1-37-18-16-17-32-54(48-23-14-9-15-24-48)33-31-46(34-38(37)2)52-40(4)39(3)35-49(41(52)5)50-36-45(43-21-12-8-13-22-43)27-30-51(50)53(6)47-28-25-44(26-29-47)42-19-10-7-11-20-42/h7-12,14-16,18-21,23-26,28-29,31,33-36H,1-2,13,17,22,27,30,32H2,3-6H3/b18-16-,33-31-,46-34+. The minimum absolute atomic E-state index is 0.870. The van der Waals surface area contributed by atoms with Crippen LogP contribution in [0.1, 0.15) is 59.9 Å². The van der Waals surface area contributed by atoms with Gasteiger partial charge in [-0.15, -0.1) is 0 Å².